The highest BCUT2D eigenvalue weighted by molar-refractivity contribution is 9.10. The van der Waals surface area contributed by atoms with Crippen molar-refractivity contribution in [1.29, 1.82) is 0 Å². The van der Waals surface area contributed by atoms with Crippen LogP contribution in [0.25, 0.3) is 0 Å². The number of halogens is 2. The average Bonchev–Trinajstić information content (AvgIpc) is 2.41. The standard InChI is InChI=1S/C14H15Br2N3/c1-2-17-13(14-12(16)4-3-7-18-14)8-11-6-5-10(15)9-19-11/h3-7,9,13,17H,2,8H2,1H3. The van der Waals surface area contributed by atoms with E-state index >= 15 is 0 Å². The molecule has 100 valence electrons. The van der Waals surface area contributed by atoms with Crippen LogP contribution in [0.15, 0.2) is 45.6 Å². The molecule has 0 saturated carbocycles. The fourth-order valence-corrected chi connectivity index (χ4v) is 2.67. The van der Waals surface area contributed by atoms with Crippen LogP contribution in [0.3, 0.4) is 0 Å². The number of pyridine rings is 2. The third-order valence-corrected chi connectivity index (χ3v) is 3.91. The first kappa shape index (κ1) is 14.6. The Morgan fingerprint density at radius 2 is 2.05 bits per heavy atom. The quantitative estimate of drug-likeness (QED) is 0.849. The van der Waals surface area contributed by atoms with E-state index in [-0.39, 0.29) is 6.04 Å². The van der Waals surface area contributed by atoms with Crippen molar-refractivity contribution in [1.82, 2.24) is 15.3 Å². The third kappa shape index (κ3) is 4.09. The first-order chi connectivity index (χ1) is 9.20. The Kier molecular flexibility index (Phi) is 5.48. The molecular formula is C14H15Br2N3. The zero-order chi connectivity index (χ0) is 13.7. The van der Waals surface area contributed by atoms with Crippen LogP contribution in [0.2, 0.25) is 0 Å². The number of rotatable bonds is 5. The topological polar surface area (TPSA) is 37.8 Å². The summed E-state index contributed by atoms with van der Waals surface area (Å²) in [7, 11) is 0. The van der Waals surface area contributed by atoms with Gasteiger partial charge in [0.25, 0.3) is 0 Å². The fraction of sp³-hybridized carbons (Fsp3) is 0.286. The average molecular weight is 385 g/mol. The fourth-order valence-electron chi connectivity index (χ4n) is 1.90. The monoisotopic (exact) mass is 383 g/mol. The highest BCUT2D eigenvalue weighted by atomic mass is 79.9. The zero-order valence-electron chi connectivity index (χ0n) is 10.6. The first-order valence-electron chi connectivity index (χ1n) is 6.15. The number of nitrogens with one attached hydrogen (secondary N) is 1. The van der Waals surface area contributed by atoms with E-state index in [0.29, 0.717) is 0 Å². The van der Waals surface area contributed by atoms with Gasteiger partial charge in [0.2, 0.25) is 0 Å². The van der Waals surface area contributed by atoms with Crippen molar-refractivity contribution in [3.05, 3.63) is 57.0 Å². The molecule has 5 heteroatoms. The van der Waals surface area contributed by atoms with Crippen LogP contribution in [0.1, 0.15) is 24.4 Å². The minimum absolute atomic E-state index is 0.161. The SMILES string of the molecule is CCNC(Cc1ccc(Br)cn1)c1ncccc1Br. The lowest BCUT2D eigenvalue weighted by Crippen LogP contribution is -2.24. The first-order valence-corrected chi connectivity index (χ1v) is 7.73. The minimum Gasteiger partial charge on any atom is -0.309 e. The van der Waals surface area contributed by atoms with Crippen molar-refractivity contribution < 1.29 is 0 Å². The van der Waals surface area contributed by atoms with E-state index in [1.165, 1.54) is 0 Å². The molecule has 2 rings (SSSR count). The lowest BCUT2D eigenvalue weighted by atomic mass is 10.1. The van der Waals surface area contributed by atoms with Crippen LogP contribution in [-0.2, 0) is 6.42 Å². The van der Waals surface area contributed by atoms with Gasteiger partial charge < -0.3 is 5.32 Å². The predicted molar refractivity (Wildman–Crippen MR) is 84.0 cm³/mol. The van der Waals surface area contributed by atoms with Crippen molar-refractivity contribution in [3.8, 4) is 0 Å². The van der Waals surface area contributed by atoms with Crippen LogP contribution in [0, 0.1) is 0 Å². The minimum atomic E-state index is 0.161. The van der Waals surface area contributed by atoms with Gasteiger partial charge in [-0.1, -0.05) is 6.92 Å². The van der Waals surface area contributed by atoms with Crippen LogP contribution in [-0.4, -0.2) is 16.5 Å². The van der Waals surface area contributed by atoms with E-state index in [2.05, 4.69) is 54.1 Å². The van der Waals surface area contributed by atoms with Crippen LogP contribution in [0.5, 0.6) is 0 Å². The summed E-state index contributed by atoms with van der Waals surface area (Å²) in [6.45, 7) is 2.99. The van der Waals surface area contributed by atoms with Gasteiger partial charge in [-0.25, -0.2) is 0 Å². The molecule has 0 aliphatic heterocycles. The summed E-state index contributed by atoms with van der Waals surface area (Å²) in [6, 6.07) is 8.15. The molecule has 2 aromatic heterocycles. The molecule has 0 aliphatic carbocycles. The van der Waals surface area contributed by atoms with E-state index in [1.807, 2.05) is 36.7 Å². The Morgan fingerprint density at radius 3 is 2.68 bits per heavy atom. The normalized spacial score (nSPS) is 12.4. The Hall–Kier alpha value is -0.780. The molecule has 0 saturated heterocycles. The van der Waals surface area contributed by atoms with Gasteiger partial charge in [-0.3, -0.25) is 9.97 Å². The number of nitrogens with zero attached hydrogens (tertiary/aromatic N) is 2. The highest BCUT2D eigenvalue weighted by Crippen LogP contribution is 2.23. The molecule has 0 spiro atoms. The van der Waals surface area contributed by atoms with Crippen LogP contribution < -0.4 is 5.32 Å². The second-order valence-corrected chi connectivity index (χ2v) is 5.92. The molecule has 0 aromatic carbocycles. The Bertz CT molecular complexity index is 528. The van der Waals surface area contributed by atoms with Gasteiger partial charge in [-0.05, 0) is 62.7 Å². The van der Waals surface area contributed by atoms with Gasteiger partial charge in [-0.15, -0.1) is 0 Å². The predicted octanol–water partition coefficient (Wildman–Crippen LogP) is 3.89. The van der Waals surface area contributed by atoms with E-state index < -0.39 is 0 Å². The summed E-state index contributed by atoms with van der Waals surface area (Å²) in [6.07, 6.45) is 4.46. The summed E-state index contributed by atoms with van der Waals surface area (Å²) >= 11 is 6.96. The summed E-state index contributed by atoms with van der Waals surface area (Å²) in [5.74, 6) is 0. The number of hydrogen-bond acceptors (Lipinski definition) is 3. The van der Waals surface area contributed by atoms with Gasteiger partial charge in [0, 0.05) is 33.5 Å². The van der Waals surface area contributed by atoms with E-state index in [1.54, 1.807) is 0 Å². The van der Waals surface area contributed by atoms with Gasteiger partial charge in [0.05, 0.1) is 11.7 Å². The highest BCUT2D eigenvalue weighted by Gasteiger charge is 2.15. The second kappa shape index (κ2) is 7.12. The number of hydrogen-bond donors (Lipinski definition) is 1. The Labute approximate surface area is 130 Å². The molecule has 2 aromatic rings. The van der Waals surface area contributed by atoms with E-state index in [0.717, 1.165) is 33.3 Å². The molecule has 0 bridgehead atoms. The maximum atomic E-state index is 4.46. The number of likely N-dealkylation sites (N-methyl/N-ethyl adjacent to an activating group) is 1. The molecule has 0 amide bonds. The van der Waals surface area contributed by atoms with Crippen molar-refractivity contribution in [3.63, 3.8) is 0 Å². The molecule has 1 atom stereocenters. The summed E-state index contributed by atoms with van der Waals surface area (Å²) in [4.78, 5) is 8.89. The van der Waals surface area contributed by atoms with Crippen molar-refractivity contribution in [2.24, 2.45) is 0 Å². The second-order valence-electron chi connectivity index (χ2n) is 4.15. The van der Waals surface area contributed by atoms with Gasteiger partial charge in [0.1, 0.15) is 0 Å². The molecule has 0 fully saturated rings. The molecule has 19 heavy (non-hydrogen) atoms. The van der Waals surface area contributed by atoms with Crippen molar-refractivity contribution in [2.45, 2.75) is 19.4 Å². The van der Waals surface area contributed by atoms with Gasteiger partial charge >= 0.3 is 0 Å². The molecule has 1 unspecified atom stereocenters. The van der Waals surface area contributed by atoms with Gasteiger partial charge in [-0.2, -0.15) is 0 Å². The summed E-state index contributed by atoms with van der Waals surface area (Å²) < 4.78 is 2.02. The molecule has 3 nitrogen and oxygen atoms in total. The third-order valence-electron chi connectivity index (χ3n) is 2.77. The molecule has 0 aliphatic rings. The van der Waals surface area contributed by atoms with Crippen LogP contribution >= 0.6 is 31.9 Å². The molecule has 0 radical (unpaired) electrons. The summed E-state index contributed by atoms with van der Waals surface area (Å²) in [5, 5.41) is 3.46. The molecule has 1 N–H and O–H groups in total. The maximum absolute atomic E-state index is 4.46. The van der Waals surface area contributed by atoms with E-state index in [4.69, 9.17) is 0 Å². The molecule has 2 heterocycles. The van der Waals surface area contributed by atoms with Crippen molar-refractivity contribution >= 4 is 31.9 Å². The van der Waals surface area contributed by atoms with Crippen molar-refractivity contribution in [2.75, 3.05) is 6.54 Å². The van der Waals surface area contributed by atoms with E-state index in [9.17, 15) is 0 Å². The number of aromatic nitrogens is 2. The summed E-state index contributed by atoms with van der Waals surface area (Å²) in [5.41, 5.74) is 2.07. The van der Waals surface area contributed by atoms with Gasteiger partial charge in [0.15, 0.2) is 0 Å². The lowest BCUT2D eigenvalue weighted by Gasteiger charge is -2.18. The largest absolute Gasteiger partial charge is 0.309 e. The Morgan fingerprint density at radius 1 is 1.21 bits per heavy atom. The van der Waals surface area contributed by atoms with Crippen LogP contribution in [0.4, 0.5) is 0 Å². The molecular weight excluding hydrogens is 370 g/mol. The Balaban J connectivity index is 2.21. The smallest absolute Gasteiger partial charge is 0.0718 e. The lowest BCUT2D eigenvalue weighted by molar-refractivity contribution is 0.529. The zero-order valence-corrected chi connectivity index (χ0v) is 13.8. The maximum Gasteiger partial charge on any atom is 0.0718 e.